The van der Waals surface area contributed by atoms with E-state index in [-0.39, 0.29) is 30.6 Å². The highest BCUT2D eigenvalue weighted by Gasteiger charge is 2.16. The van der Waals surface area contributed by atoms with Crippen LogP contribution in [0.2, 0.25) is 0 Å². The molecule has 1 N–H and O–H groups in total. The Labute approximate surface area is 108 Å². The molecule has 0 saturated heterocycles. The van der Waals surface area contributed by atoms with Crippen molar-refractivity contribution in [2.75, 3.05) is 20.2 Å². The van der Waals surface area contributed by atoms with Gasteiger partial charge in [-0.1, -0.05) is 12.1 Å². The van der Waals surface area contributed by atoms with Crippen LogP contribution >= 0.6 is 0 Å². The Morgan fingerprint density at radius 2 is 2.26 bits per heavy atom. The van der Waals surface area contributed by atoms with Crippen LogP contribution in [-0.4, -0.2) is 51.6 Å². The fourth-order valence-electron chi connectivity index (χ4n) is 1.38. The minimum Gasteiger partial charge on any atom is -0.489 e. The van der Waals surface area contributed by atoms with Crippen LogP contribution in [-0.2, 0) is 0 Å². The number of carbonyl (C=O) groups excluding carboxylic acids is 1. The van der Waals surface area contributed by atoms with E-state index in [4.69, 9.17) is 4.74 Å². The van der Waals surface area contributed by atoms with E-state index >= 15 is 0 Å². The van der Waals surface area contributed by atoms with Gasteiger partial charge in [-0.2, -0.15) is 5.21 Å². The summed E-state index contributed by atoms with van der Waals surface area (Å²) in [4.78, 5) is 13.1. The van der Waals surface area contributed by atoms with Crippen LogP contribution in [0.3, 0.4) is 0 Å². The summed E-state index contributed by atoms with van der Waals surface area (Å²) >= 11 is 0. The molecule has 0 unspecified atom stereocenters. The van der Waals surface area contributed by atoms with Gasteiger partial charge in [0.2, 0.25) is 0 Å². The number of rotatable bonds is 5. The molecule has 0 saturated carbocycles. The third-order valence-corrected chi connectivity index (χ3v) is 2.40. The zero-order valence-electron chi connectivity index (χ0n) is 10.2. The standard InChI is InChI=1S/C11H12FN5O2/c1-17(11(18)10-13-15-16-14-10)6-7-19-9-5-3-2-4-8(9)12/h2-5H,6-7H2,1H3,(H,13,14,15,16). The molecule has 100 valence electrons. The minimum atomic E-state index is -0.436. The summed E-state index contributed by atoms with van der Waals surface area (Å²) in [6.07, 6.45) is 0. The largest absolute Gasteiger partial charge is 0.489 e. The number of hydrogen-bond acceptors (Lipinski definition) is 5. The molecule has 0 fully saturated rings. The number of nitrogens with zero attached hydrogens (tertiary/aromatic N) is 4. The molecule has 0 bridgehead atoms. The van der Waals surface area contributed by atoms with Crippen LogP contribution < -0.4 is 4.74 Å². The van der Waals surface area contributed by atoms with Crippen LogP contribution in [0.5, 0.6) is 5.75 Å². The average Bonchev–Trinajstić information content (AvgIpc) is 2.94. The van der Waals surface area contributed by atoms with Crippen molar-refractivity contribution in [1.82, 2.24) is 25.5 Å². The van der Waals surface area contributed by atoms with E-state index in [2.05, 4.69) is 20.6 Å². The lowest BCUT2D eigenvalue weighted by molar-refractivity contribution is 0.0761. The van der Waals surface area contributed by atoms with Crippen LogP contribution in [0.1, 0.15) is 10.6 Å². The number of aromatic amines is 1. The molecule has 0 atom stereocenters. The maximum Gasteiger partial charge on any atom is 0.295 e. The monoisotopic (exact) mass is 265 g/mol. The molecule has 1 aromatic carbocycles. The Bertz CT molecular complexity index is 546. The molecule has 0 aliphatic carbocycles. The molecule has 0 aliphatic heterocycles. The molecule has 2 aromatic rings. The van der Waals surface area contributed by atoms with E-state index < -0.39 is 5.82 Å². The summed E-state index contributed by atoms with van der Waals surface area (Å²) in [5.41, 5.74) is 0. The van der Waals surface area contributed by atoms with E-state index in [9.17, 15) is 9.18 Å². The fraction of sp³-hybridized carbons (Fsp3) is 0.273. The Balaban J connectivity index is 1.83. The van der Waals surface area contributed by atoms with Crippen molar-refractivity contribution in [3.8, 4) is 5.75 Å². The average molecular weight is 265 g/mol. The van der Waals surface area contributed by atoms with Crippen LogP contribution in [0.4, 0.5) is 4.39 Å². The number of likely N-dealkylation sites (N-methyl/N-ethyl adjacent to an activating group) is 1. The normalized spacial score (nSPS) is 10.2. The number of H-pyrrole nitrogens is 1. The van der Waals surface area contributed by atoms with Crippen molar-refractivity contribution in [2.45, 2.75) is 0 Å². The fourth-order valence-corrected chi connectivity index (χ4v) is 1.38. The molecule has 0 aliphatic rings. The Kier molecular flexibility index (Phi) is 4.01. The van der Waals surface area contributed by atoms with Crippen molar-refractivity contribution in [1.29, 1.82) is 0 Å². The number of aromatic nitrogens is 4. The molecule has 8 heteroatoms. The van der Waals surface area contributed by atoms with Crippen LogP contribution in [0, 0.1) is 5.82 Å². The first-order valence-corrected chi connectivity index (χ1v) is 5.54. The number of para-hydroxylation sites is 1. The lowest BCUT2D eigenvalue weighted by Crippen LogP contribution is -2.31. The highest BCUT2D eigenvalue weighted by Crippen LogP contribution is 2.14. The highest BCUT2D eigenvalue weighted by molar-refractivity contribution is 5.89. The summed E-state index contributed by atoms with van der Waals surface area (Å²) in [6, 6.07) is 6.08. The van der Waals surface area contributed by atoms with Gasteiger partial charge in [-0.05, 0) is 17.3 Å². The lowest BCUT2D eigenvalue weighted by atomic mass is 10.3. The van der Waals surface area contributed by atoms with Gasteiger partial charge in [0.1, 0.15) is 6.61 Å². The molecule has 0 radical (unpaired) electrons. The van der Waals surface area contributed by atoms with E-state index in [1.54, 1.807) is 19.2 Å². The molecule has 19 heavy (non-hydrogen) atoms. The zero-order valence-corrected chi connectivity index (χ0v) is 10.2. The predicted molar refractivity (Wildman–Crippen MR) is 63.0 cm³/mol. The Morgan fingerprint density at radius 1 is 1.47 bits per heavy atom. The highest BCUT2D eigenvalue weighted by atomic mass is 19.1. The quantitative estimate of drug-likeness (QED) is 0.850. The van der Waals surface area contributed by atoms with Gasteiger partial charge in [0.05, 0.1) is 6.54 Å². The van der Waals surface area contributed by atoms with Crippen LogP contribution in [0.25, 0.3) is 0 Å². The first-order valence-electron chi connectivity index (χ1n) is 5.54. The van der Waals surface area contributed by atoms with Crippen molar-refractivity contribution >= 4 is 5.91 Å². The van der Waals surface area contributed by atoms with Gasteiger partial charge in [-0.25, -0.2) is 4.39 Å². The van der Waals surface area contributed by atoms with Crippen molar-refractivity contribution < 1.29 is 13.9 Å². The minimum absolute atomic E-state index is 0.0200. The predicted octanol–water partition coefficient (Wildman–Crippen LogP) is 0.490. The number of benzene rings is 1. The molecule has 0 spiro atoms. The van der Waals surface area contributed by atoms with Crippen molar-refractivity contribution in [2.24, 2.45) is 0 Å². The third kappa shape index (κ3) is 3.24. The number of hydrogen-bond donors (Lipinski definition) is 1. The van der Waals surface area contributed by atoms with E-state index in [1.165, 1.54) is 17.0 Å². The maximum absolute atomic E-state index is 13.3. The molecular formula is C11H12FN5O2. The first-order chi connectivity index (χ1) is 9.18. The second-order valence-electron chi connectivity index (χ2n) is 3.74. The van der Waals surface area contributed by atoms with E-state index in [0.29, 0.717) is 0 Å². The summed E-state index contributed by atoms with van der Waals surface area (Å²) < 4.78 is 18.5. The summed E-state index contributed by atoms with van der Waals surface area (Å²) in [6.45, 7) is 0.447. The second kappa shape index (κ2) is 5.89. The molecule has 1 heterocycles. The number of amides is 1. The van der Waals surface area contributed by atoms with Gasteiger partial charge in [0.25, 0.3) is 11.7 Å². The van der Waals surface area contributed by atoms with Gasteiger partial charge in [-0.15, -0.1) is 10.2 Å². The first kappa shape index (κ1) is 12.9. The maximum atomic E-state index is 13.3. The summed E-state index contributed by atoms with van der Waals surface area (Å²) in [5.74, 6) is -0.683. The third-order valence-electron chi connectivity index (χ3n) is 2.40. The van der Waals surface area contributed by atoms with Gasteiger partial charge < -0.3 is 9.64 Å². The van der Waals surface area contributed by atoms with E-state index in [1.807, 2.05) is 0 Å². The zero-order chi connectivity index (χ0) is 13.7. The number of ether oxygens (including phenoxy) is 1. The van der Waals surface area contributed by atoms with Gasteiger partial charge in [-0.3, -0.25) is 4.79 Å². The Morgan fingerprint density at radius 3 is 2.95 bits per heavy atom. The summed E-state index contributed by atoms with van der Waals surface area (Å²) in [5, 5.41) is 12.7. The summed E-state index contributed by atoms with van der Waals surface area (Å²) in [7, 11) is 1.57. The van der Waals surface area contributed by atoms with Gasteiger partial charge >= 0.3 is 0 Å². The molecule has 7 nitrogen and oxygen atoms in total. The smallest absolute Gasteiger partial charge is 0.295 e. The number of tetrazole rings is 1. The SMILES string of the molecule is CN(CCOc1ccccc1F)C(=O)c1nn[nH]n1. The topological polar surface area (TPSA) is 84.0 Å². The number of halogens is 1. The molecule has 1 amide bonds. The van der Waals surface area contributed by atoms with Gasteiger partial charge in [0.15, 0.2) is 11.6 Å². The van der Waals surface area contributed by atoms with Crippen molar-refractivity contribution in [3.05, 3.63) is 35.9 Å². The number of carbonyl (C=O) groups is 1. The molecule has 2 rings (SSSR count). The number of nitrogens with one attached hydrogen (secondary N) is 1. The van der Waals surface area contributed by atoms with Crippen molar-refractivity contribution in [3.63, 3.8) is 0 Å². The van der Waals surface area contributed by atoms with Gasteiger partial charge in [0, 0.05) is 7.05 Å². The lowest BCUT2D eigenvalue weighted by Gasteiger charge is -2.15. The second-order valence-corrected chi connectivity index (χ2v) is 3.74. The molecule has 1 aromatic heterocycles. The van der Waals surface area contributed by atoms with Crippen LogP contribution in [0.15, 0.2) is 24.3 Å². The Hall–Kier alpha value is -2.51. The molecular weight excluding hydrogens is 253 g/mol. The van der Waals surface area contributed by atoms with E-state index in [0.717, 1.165) is 0 Å².